The van der Waals surface area contributed by atoms with Gasteiger partial charge in [-0.05, 0) is 0 Å². The van der Waals surface area contributed by atoms with E-state index in [1.807, 2.05) is 12.1 Å². The highest BCUT2D eigenvalue weighted by molar-refractivity contribution is 5.78. The summed E-state index contributed by atoms with van der Waals surface area (Å²) >= 11 is 0. The first-order chi connectivity index (χ1) is 8.35. The average molecular weight is 234 g/mol. The van der Waals surface area contributed by atoms with E-state index < -0.39 is 0 Å². The molecule has 0 aliphatic rings. The first-order valence-corrected chi connectivity index (χ1v) is 5.25. The lowest BCUT2D eigenvalue weighted by atomic mass is 10.2. The Balaban J connectivity index is 2.32. The maximum Gasteiger partial charge on any atom is 0.163 e. The standard InChI is InChI=1S/C12H14N2O3/c1-15-5-6-17-12-8-10-9(7-11(12)16-2)13-3-4-14-10/h3-4,7-8H,5-6H2,1-2H3. The van der Waals surface area contributed by atoms with Gasteiger partial charge in [-0.25, -0.2) is 0 Å². The van der Waals surface area contributed by atoms with Gasteiger partial charge >= 0.3 is 0 Å². The van der Waals surface area contributed by atoms with Crippen molar-refractivity contribution in [2.24, 2.45) is 0 Å². The zero-order valence-electron chi connectivity index (χ0n) is 9.84. The molecule has 0 amide bonds. The molecule has 0 bridgehead atoms. The summed E-state index contributed by atoms with van der Waals surface area (Å²) in [6.45, 7) is 1.00. The minimum Gasteiger partial charge on any atom is -0.493 e. The van der Waals surface area contributed by atoms with Crippen molar-refractivity contribution in [1.29, 1.82) is 0 Å². The van der Waals surface area contributed by atoms with Crippen LogP contribution in [0.3, 0.4) is 0 Å². The first kappa shape index (κ1) is 11.6. The second kappa shape index (κ2) is 5.45. The van der Waals surface area contributed by atoms with Crippen LogP contribution in [0.4, 0.5) is 0 Å². The van der Waals surface area contributed by atoms with Crippen LogP contribution in [0.1, 0.15) is 0 Å². The maximum absolute atomic E-state index is 5.56. The summed E-state index contributed by atoms with van der Waals surface area (Å²) in [6.07, 6.45) is 3.29. The number of fused-ring (bicyclic) bond motifs is 1. The van der Waals surface area contributed by atoms with Gasteiger partial charge in [-0.2, -0.15) is 0 Å². The number of hydrogen-bond donors (Lipinski definition) is 0. The molecule has 5 heteroatoms. The third-order valence-corrected chi connectivity index (χ3v) is 2.30. The molecular weight excluding hydrogens is 220 g/mol. The molecule has 0 unspecified atom stereocenters. The van der Waals surface area contributed by atoms with E-state index in [9.17, 15) is 0 Å². The molecule has 0 fully saturated rings. The zero-order chi connectivity index (χ0) is 12.1. The number of benzene rings is 1. The highest BCUT2D eigenvalue weighted by atomic mass is 16.5. The molecule has 0 saturated carbocycles. The maximum atomic E-state index is 5.56. The predicted octanol–water partition coefficient (Wildman–Crippen LogP) is 1.66. The fourth-order valence-electron chi connectivity index (χ4n) is 1.48. The molecule has 90 valence electrons. The number of rotatable bonds is 5. The van der Waals surface area contributed by atoms with Crippen molar-refractivity contribution in [3.8, 4) is 11.5 Å². The highest BCUT2D eigenvalue weighted by Gasteiger charge is 2.07. The van der Waals surface area contributed by atoms with E-state index in [-0.39, 0.29) is 0 Å². The summed E-state index contributed by atoms with van der Waals surface area (Å²) in [6, 6.07) is 3.63. The minimum atomic E-state index is 0.471. The van der Waals surface area contributed by atoms with E-state index >= 15 is 0 Å². The van der Waals surface area contributed by atoms with E-state index in [0.29, 0.717) is 24.7 Å². The molecule has 1 heterocycles. The molecule has 2 rings (SSSR count). The van der Waals surface area contributed by atoms with E-state index in [2.05, 4.69) is 9.97 Å². The molecule has 2 aromatic rings. The molecule has 17 heavy (non-hydrogen) atoms. The van der Waals surface area contributed by atoms with Gasteiger partial charge in [0.05, 0.1) is 24.8 Å². The van der Waals surface area contributed by atoms with Gasteiger partial charge in [-0.3, -0.25) is 9.97 Å². The Morgan fingerprint density at radius 2 is 1.59 bits per heavy atom. The molecule has 1 aromatic carbocycles. The van der Waals surface area contributed by atoms with Crippen LogP contribution in [-0.2, 0) is 4.74 Å². The quantitative estimate of drug-likeness (QED) is 0.736. The smallest absolute Gasteiger partial charge is 0.163 e. The number of hydrogen-bond acceptors (Lipinski definition) is 5. The zero-order valence-corrected chi connectivity index (χ0v) is 9.84. The average Bonchev–Trinajstić information content (AvgIpc) is 2.38. The van der Waals surface area contributed by atoms with E-state index in [1.54, 1.807) is 26.6 Å². The topological polar surface area (TPSA) is 53.5 Å². The molecule has 5 nitrogen and oxygen atoms in total. The molecule has 0 saturated heterocycles. The van der Waals surface area contributed by atoms with Crippen LogP contribution in [0.25, 0.3) is 11.0 Å². The molecule has 0 spiro atoms. The van der Waals surface area contributed by atoms with Gasteiger partial charge in [0.15, 0.2) is 11.5 Å². The van der Waals surface area contributed by atoms with Gasteiger partial charge < -0.3 is 14.2 Å². The normalized spacial score (nSPS) is 10.5. The minimum absolute atomic E-state index is 0.471. The van der Waals surface area contributed by atoms with Crippen LogP contribution in [-0.4, -0.2) is 37.4 Å². The molecule has 0 N–H and O–H groups in total. The highest BCUT2D eigenvalue weighted by Crippen LogP contribution is 2.30. The van der Waals surface area contributed by atoms with Crippen molar-refractivity contribution in [2.45, 2.75) is 0 Å². The SMILES string of the molecule is COCCOc1cc2nccnc2cc1OC. The number of methoxy groups -OCH3 is 2. The summed E-state index contributed by atoms with van der Waals surface area (Å²) in [5.74, 6) is 1.30. The Labute approximate surface area is 99.4 Å². The number of aromatic nitrogens is 2. The summed E-state index contributed by atoms with van der Waals surface area (Å²) in [7, 11) is 3.23. The van der Waals surface area contributed by atoms with E-state index in [1.165, 1.54) is 0 Å². The van der Waals surface area contributed by atoms with E-state index in [4.69, 9.17) is 14.2 Å². The van der Waals surface area contributed by atoms with Crippen LogP contribution < -0.4 is 9.47 Å². The first-order valence-electron chi connectivity index (χ1n) is 5.25. The van der Waals surface area contributed by atoms with Crippen molar-refractivity contribution in [3.05, 3.63) is 24.5 Å². The fraction of sp³-hybridized carbons (Fsp3) is 0.333. The van der Waals surface area contributed by atoms with Gasteiger partial charge in [-0.15, -0.1) is 0 Å². The lowest BCUT2D eigenvalue weighted by Gasteiger charge is -2.10. The molecule has 0 atom stereocenters. The van der Waals surface area contributed by atoms with Gasteiger partial charge in [0.2, 0.25) is 0 Å². The monoisotopic (exact) mass is 234 g/mol. The van der Waals surface area contributed by atoms with Gasteiger partial charge in [0, 0.05) is 31.6 Å². The van der Waals surface area contributed by atoms with Crippen molar-refractivity contribution >= 4 is 11.0 Å². The van der Waals surface area contributed by atoms with Crippen LogP contribution in [0, 0.1) is 0 Å². The summed E-state index contributed by atoms with van der Waals surface area (Å²) < 4.78 is 15.7. The predicted molar refractivity (Wildman–Crippen MR) is 63.5 cm³/mol. The Morgan fingerprint density at radius 3 is 2.18 bits per heavy atom. The number of nitrogens with zero attached hydrogens (tertiary/aromatic N) is 2. The Kier molecular flexibility index (Phi) is 3.72. The summed E-state index contributed by atoms with van der Waals surface area (Å²) in [4.78, 5) is 8.42. The van der Waals surface area contributed by atoms with Crippen LogP contribution in [0.15, 0.2) is 24.5 Å². The summed E-state index contributed by atoms with van der Waals surface area (Å²) in [5.41, 5.74) is 1.56. The van der Waals surface area contributed by atoms with Crippen molar-refractivity contribution in [3.63, 3.8) is 0 Å². The third-order valence-electron chi connectivity index (χ3n) is 2.30. The van der Waals surface area contributed by atoms with Crippen molar-refractivity contribution in [1.82, 2.24) is 9.97 Å². The lowest BCUT2D eigenvalue weighted by molar-refractivity contribution is 0.144. The second-order valence-corrected chi connectivity index (χ2v) is 3.39. The van der Waals surface area contributed by atoms with Crippen molar-refractivity contribution < 1.29 is 14.2 Å². The lowest BCUT2D eigenvalue weighted by Crippen LogP contribution is -2.05. The van der Waals surface area contributed by atoms with Crippen LogP contribution in [0.5, 0.6) is 11.5 Å². The molecule has 0 aliphatic heterocycles. The van der Waals surface area contributed by atoms with Crippen LogP contribution >= 0.6 is 0 Å². The van der Waals surface area contributed by atoms with Crippen LogP contribution in [0.2, 0.25) is 0 Å². The Bertz CT molecular complexity index is 502. The van der Waals surface area contributed by atoms with Gasteiger partial charge in [0.25, 0.3) is 0 Å². The fourth-order valence-corrected chi connectivity index (χ4v) is 1.48. The number of ether oxygens (including phenoxy) is 3. The third kappa shape index (κ3) is 2.62. The largest absolute Gasteiger partial charge is 0.493 e. The van der Waals surface area contributed by atoms with Gasteiger partial charge in [0.1, 0.15) is 6.61 Å². The second-order valence-electron chi connectivity index (χ2n) is 3.39. The van der Waals surface area contributed by atoms with Crippen molar-refractivity contribution in [2.75, 3.05) is 27.4 Å². The summed E-state index contributed by atoms with van der Waals surface area (Å²) in [5, 5.41) is 0. The van der Waals surface area contributed by atoms with Gasteiger partial charge in [-0.1, -0.05) is 0 Å². The molecule has 1 aromatic heterocycles. The molecular formula is C12H14N2O3. The Morgan fingerprint density at radius 1 is 0.941 bits per heavy atom. The Hall–Kier alpha value is -1.88. The van der Waals surface area contributed by atoms with E-state index in [0.717, 1.165) is 11.0 Å². The molecule has 0 aliphatic carbocycles. The molecule has 0 radical (unpaired) electrons.